The molecule has 0 bridgehead atoms. The van der Waals surface area contributed by atoms with Gasteiger partial charge in [-0.3, -0.25) is 9.59 Å². The number of nitrogens with one attached hydrogen (secondary N) is 1. The van der Waals surface area contributed by atoms with E-state index in [0.29, 0.717) is 37.4 Å². The molecule has 0 aromatic heterocycles. The monoisotopic (exact) mass is 380 g/mol. The fourth-order valence-corrected chi connectivity index (χ4v) is 3.30. The molecule has 2 aromatic rings. The van der Waals surface area contributed by atoms with E-state index in [1.165, 1.54) is 0 Å². The SMILES string of the molecule is CCCN(CCC)C(=O)C1(C(=O)Nc2ccc(Oc3ccccc3)cc2)CC1. The van der Waals surface area contributed by atoms with Gasteiger partial charge in [-0.2, -0.15) is 0 Å². The number of benzene rings is 2. The Hall–Kier alpha value is -2.82. The highest BCUT2D eigenvalue weighted by Gasteiger charge is 2.57. The van der Waals surface area contributed by atoms with Crippen LogP contribution in [0.3, 0.4) is 0 Å². The first-order valence-corrected chi connectivity index (χ1v) is 10.0. The lowest BCUT2D eigenvalue weighted by Crippen LogP contribution is -2.43. The maximum absolute atomic E-state index is 12.9. The van der Waals surface area contributed by atoms with E-state index in [-0.39, 0.29) is 11.8 Å². The lowest BCUT2D eigenvalue weighted by atomic mass is 10.0. The smallest absolute Gasteiger partial charge is 0.240 e. The molecule has 0 saturated heterocycles. The van der Waals surface area contributed by atoms with Crippen molar-refractivity contribution in [3.63, 3.8) is 0 Å². The number of carbonyl (C=O) groups excluding carboxylic acids is 2. The van der Waals surface area contributed by atoms with E-state index >= 15 is 0 Å². The van der Waals surface area contributed by atoms with E-state index in [2.05, 4.69) is 19.2 Å². The molecule has 1 saturated carbocycles. The Kier molecular flexibility index (Phi) is 6.34. The van der Waals surface area contributed by atoms with Crippen molar-refractivity contribution in [3.05, 3.63) is 54.6 Å². The van der Waals surface area contributed by atoms with Gasteiger partial charge in [-0.15, -0.1) is 0 Å². The molecule has 5 nitrogen and oxygen atoms in total. The molecule has 0 unspecified atom stereocenters. The summed E-state index contributed by atoms with van der Waals surface area (Å²) in [5.74, 6) is 1.22. The topological polar surface area (TPSA) is 58.6 Å². The third-order valence-corrected chi connectivity index (χ3v) is 4.96. The van der Waals surface area contributed by atoms with Crippen LogP contribution in [0.15, 0.2) is 54.6 Å². The highest BCUT2D eigenvalue weighted by Crippen LogP contribution is 2.48. The third-order valence-electron chi connectivity index (χ3n) is 4.96. The number of nitrogens with zero attached hydrogens (tertiary/aromatic N) is 1. The van der Waals surface area contributed by atoms with Crippen molar-refractivity contribution in [1.29, 1.82) is 0 Å². The summed E-state index contributed by atoms with van der Waals surface area (Å²) in [6, 6.07) is 16.7. The number of hydrogen-bond donors (Lipinski definition) is 1. The second kappa shape index (κ2) is 8.91. The van der Waals surface area contributed by atoms with E-state index in [1.54, 1.807) is 12.1 Å². The minimum Gasteiger partial charge on any atom is -0.457 e. The molecule has 148 valence electrons. The first kappa shape index (κ1) is 19.9. The molecule has 0 aliphatic heterocycles. The van der Waals surface area contributed by atoms with Crippen LogP contribution in [0.4, 0.5) is 5.69 Å². The highest BCUT2D eigenvalue weighted by atomic mass is 16.5. The van der Waals surface area contributed by atoms with Gasteiger partial charge >= 0.3 is 0 Å². The quantitative estimate of drug-likeness (QED) is 0.633. The van der Waals surface area contributed by atoms with Gasteiger partial charge in [-0.05, 0) is 62.1 Å². The zero-order valence-electron chi connectivity index (χ0n) is 16.6. The Morgan fingerprint density at radius 3 is 2.04 bits per heavy atom. The lowest BCUT2D eigenvalue weighted by Gasteiger charge is -2.26. The Bertz CT molecular complexity index is 792. The van der Waals surface area contributed by atoms with Crippen molar-refractivity contribution in [1.82, 2.24) is 4.90 Å². The van der Waals surface area contributed by atoms with Gasteiger partial charge in [-0.25, -0.2) is 0 Å². The van der Waals surface area contributed by atoms with Crippen LogP contribution < -0.4 is 10.1 Å². The summed E-state index contributed by atoms with van der Waals surface area (Å²) in [5, 5.41) is 2.91. The third kappa shape index (κ3) is 4.53. The minimum absolute atomic E-state index is 0.0299. The average molecular weight is 380 g/mol. The van der Waals surface area contributed by atoms with Gasteiger partial charge in [0.25, 0.3) is 0 Å². The lowest BCUT2D eigenvalue weighted by molar-refractivity contribution is -0.142. The van der Waals surface area contributed by atoms with Crippen LogP contribution in [0.2, 0.25) is 0 Å². The number of rotatable bonds is 9. The molecule has 2 amide bonds. The standard InChI is InChI=1S/C23H28N2O3/c1-3-16-25(17-4-2)22(27)23(14-15-23)21(26)24-18-10-12-20(13-11-18)28-19-8-6-5-7-9-19/h5-13H,3-4,14-17H2,1-2H3,(H,24,26). The molecule has 1 aliphatic carbocycles. The molecule has 1 fully saturated rings. The predicted molar refractivity (Wildman–Crippen MR) is 110 cm³/mol. The maximum atomic E-state index is 12.9. The second-order valence-electron chi connectivity index (χ2n) is 7.27. The molecule has 2 aromatic carbocycles. The molecular weight excluding hydrogens is 352 g/mol. The first-order valence-electron chi connectivity index (χ1n) is 10.0. The summed E-state index contributed by atoms with van der Waals surface area (Å²) >= 11 is 0. The summed E-state index contributed by atoms with van der Waals surface area (Å²) in [5.41, 5.74) is -0.217. The van der Waals surface area contributed by atoms with Crippen LogP contribution in [0.1, 0.15) is 39.5 Å². The Morgan fingerprint density at radius 2 is 1.50 bits per heavy atom. The fraction of sp³-hybridized carbons (Fsp3) is 0.391. The molecule has 0 atom stereocenters. The van der Waals surface area contributed by atoms with Crippen molar-refractivity contribution in [3.8, 4) is 11.5 Å². The minimum atomic E-state index is -0.885. The van der Waals surface area contributed by atoms with Crippen LogP contribution >= 0.6 is 0 Å². The number of carbonyl (C=O) groups is 2. The van der Waals surface area contributed by atoms with Gasteiger partial charge in [0, 0.05) is 18.8 Å². The van der Waals surface area contributed by atoms with Gasteiger partial charge in [0.15, 0.2) is 0 Å². The molecule has 0 heterocycles. The van der Waals surface area contributed by atoms with E-state index in [1.807, 2.05) is 47.4 Å². The normalized spacial score (nSPS) is 14.2. The molecular formula is C23H28N2O3. The summed E-state index contributed by atoms with van der Waals surface area (Å²) in [6.45, 7) is 5.50. The Balaban J connectivity index is 1.63. The highest BCUT2D eigenvalue weighted by molar-refractivity contribution is 6.13. The number of hydrogen-bond acceptors (Lipinski definition) is 3. The predicted octanol–water partition coefficient (Wildman–Crippen LogP) is 4.85. The van der Waals surface area contributed by atoms with Crippen molar-refractivity contribution in [2.75, 3.05) is 18.4 Å². The Labute approximate surface area is 166 Å². The van der Waals surface area contributed by atoms with Crippen molar-refractivity contribution in [2.24, 2.45) is 5.41 Å². The number of para-hydroxylation sites is 1. The Morgan fingerprint density at radius 1 is 0.929 bits per heavy atom. The van der Waals surface area contributed by atoms with Crippen molar-refractivity contribution in [2.45, 2.75) is 39.5 Å². The molecule has 1 N–H and O–H groups in total. The maximum Gasteiger partial charge on any atom is 0.240 e. The second-order valence-corrected chi connectivity index (χ2v) is 7.27. The van der Waals surface area contributed by atoms with Gasteiger partial charge in [0.05, 0.1) is 0 Å². The summed E-state index contributed by atoms with van der Waals surface area (Å²) < 4.78 is 5.77. The van der Waals surface area contributed by atoms with Crippen LogP contribution in [0, 0.1) is 5.41 Å². The molecule has 3 rings (SSSR count). The van der Waals surface area contributed by atoms with Crippen LogP contribution in [-0.4, -0.2) is 29.8 Å². The number of anilines is 1. The van der Waals surface area contributed by atoms with Gasteiger partial charge in [0.2, 0.25) is 11.8 Å². The van der Waals surface area contributed by atoms with E-state index in [9.17, 15) is 9.59 Å². The summed E-state index contributed by atoms with van der Waals surface area (Å²) in [4.78, 5) is 27.6. The molecule has 0 spiro atoms. The fourth-order valence-electron chi connectivity index (χ4n) is 3.30. The van der Waals surface area contributed by atoms with E-state index in [0.717, 1.165) is 18.6 Å². The number of ether oxygens (including phenoxy) is 1. The number of amides is 2. The van der Waals surface area contributed by atoms with Gasteiger partial charge in [-0.1, -0.05) is 32.0 Å². The van der Waals surface area contributed by atoms with Gasteiger partial charge < -0.3 is 15.0 Å². The van der Waals surface area contributed by atoms with E-state index in [4.69, 9.17) is 4.74 Å². The molecule has 5 heteroatoms. The summed E-state index contributed by atoms with van der Waals surface area (Å²) in [6.07, 6.45) is 3.03. The van der Waals surface area contributed by atoms with Crippen molar-refractivity contribution >= 4 is 17.5 Å². The molecule has 1 aliphatic rings. The average Bonchev–Trinajstić information content (AvgIpc) is 3.52. The van der Waals surface area contributed by atoms with Crippen LogP contribution in [0.25, 0.3) is 0 Å². The summed E-state index contributed by atoms with van der Waals surface area (Å²) in [7, 11) is 0. The molecule has 0 radical (unpaired) electrons. The van der Waals surface area contributed by atoms with Crippen molar-refractivity contribution < 1.29 is 14.3 Å². The van der Waals surface area contributed by atoms with Crippen LogP contribution in [-0.2, 0) is 9.59 Å². The van der Waals surface area contributed by atoms with Crippen LogP contribution in [0.5, 0.6) is 11.5 Å². The zero-order valence-corrected chi connectivity index (χ0v) is 16.6. The molecule has 28 heavy (non-hydrogen) atoms. The van der Waals surface area contributed by atoms with Gasteiger partial charge in [0.1, 0.15) is 16.9 Å². The zero-order chi connectivity index (χ0) is 20.0. The largest absolute Gasteiger partial charge is 0.457 e. The van der Waals surface area contributed by atoms with E-state index < -0.39 is 5.41 Å². The first-order chi connectivity index (χ1) is 13.6.